The van der Waals surface area contributed by atoms with Crippen LogP contribution >= 0.6 is 0 Å². The number of carbonyl (C=O) groups is 1. The molecule has 2 rings (SSSR count). The molecule has 0 bridgehead atoms. The van der Waals surface area contributed by atoms with Gasteiger partial charge in [0.1, 0.15) is 5.82 Å². The van der Waals surface area contributed by atoms with Gasteiger partial charge < -0.3 is 10.6 Å². The minimum absolute atomic E-state index is 0.0115. The van der Waals surface area contributed by atoms with Crippen LogP contribution in [0.25, 0.3) is 0 Å². The molecule has 0 radical (unpaired) electrons. The van der Waals surface area contributed by atoms with Crippen molar-refractivity contribution in [3.8, 4) is 0 Å². The second-order valence-electron chi connectivity index (χ2n) is 3.69. The Hall–Kier alpha value is -2.50. The number of rotatable bonds is 2. The fraction of sp³-hybridized carbons (Fsp3) is 0. The third kappa shape index (κ3) is 3.25. The Morgan fingerprint density at radius 3 is 2.26 bits per heavy atom. The van der Waals surface area contributed by atoms with E-state index < -0.39 is 23.5 Å². The lowest BCUT2D eigenvalue weighted by Gasteiger charge is -2.08. The van der Waals surface area contributed by atoms with Crippen LogP contribution in [0, 0.1) is 17.5 Å². The smallest absolute Gasteiger partial charge is 0.308 e. The number of amides is 2. The van der Waals surface area contributed by atoms with Gasteiger partial charge in [0.25, 0.3) is 0 Å². The quantitative estimate of drug-likeness (QED) is 0.854. The number of urea groups is 1. The normalized spacial score (nSPS) is 10.1. The second kappa shape index (κ2) is 5.43. The van der Waals surface area contributed by atoms with Crippen molar-refractivity contribution in [1.29, 1.82) is 0 Å². The third-order valence-corrected chi connectivity index (χ3v) is 2.30. The number of para-hydroxylation sites is 1. The molecule has 0 aliphatic heterocycles. The maximum Gasteiger partial charge on any atom is 0.323 e. The van der Waals surface area contributed by atoms with Gasteiger partial charge in [-0.1, -0.05) is 12.1 Å². The van der Waals surface area contributed by atoms with Gasteiger partial charge in [-0.15, -0.1) is 0 Å². The lowest BCUT2D eigenvalue weighted by molar-refractivity contribution is 0.262. The molecule has 2 aromatic rings. The Kier molecular flexibility index (Phi) is 3.70. The molecule has 2 amide bonds. The van der Waals surface area contributed by atoms with Gasteiger partial charge in [-0.25, -0.2) is 18.0 Å². The van der Waals surface area contributed by atoms with E-state index in [0.29, 0.717) is 0 Å². The summed E-state index contributed by atoms with van der Waals surface area (Å²) in [5.74, 6) is -2.69. The van der Waals surface area contributed by atoms with E-state index in [2.05, 4.69) is 10.6 Å². The van der Waals surface area contributed by atoms with Crippen molar-refractivity contribution in [1.82, 2.24) is 0 Å². The fourth-order valence-electron chi connectivity index (χ4n) is 1.42. The molecule has 3 nitrogen and oxygen atoms in total. The minimum Gasteiger partial charge on any atom is -0.308 e. The van der Waals surface area contributed by atoms with E-state index in [1.165, 1.54) is 24.3 Å². The Morgan fingerprint density at radius 1 is 0.842 bits per heavy atom. The van der Waals surface area contributed by atoms with Crippen LogP contribution < -0.4 is 10.6 Å². The van der Waals surface area contributed by atoms with Gasteiger partial charge in [0.05, 0.1) is 5.69 Å². The molecule has 0 fully saturated rings. The van der Waals surface area contributed by atoms with Gasteiger partial charge in [0.15, 0.2) is 11.6 Å². The Balaban J connectivity index is 2.05. The minimum atomic E-state index is -1.08. The van der Waals surface area contributed by atoms with E-state index in [0.717, 1.165) is 12.1 Å². The Labute approximate surface area is 107 Å². The molecule has 0 heterocycles. The highest BCUT2D eigenvalue weighted by Crippen LogP contribution is 2.15. The first-order chi connectivity index (χ1) is 9.06. The topological polar surface area (TPSA) is 41.1 Å². The maximum atomic E-state index is 13.3. The van der Waals surface area contributed by atoms with Crippen molar-refractivity contribution < 1.29 is 18.0 Å². The lowest BCUT2D eigenvalue weighted by atomic mass is 10.3. The zero-order valence-electron chi connectivity index (χ0n) is 9.58. The van der Waals surface area contributed by atoms with E-state index in [1.54, 1.807) is 6.07 Å². The predicted molar refractivity (Wildman–Crippen MR) is 65.4 cm³/mol. The number of hydrogen-bond donors (Lipinski definition) is 2. The molecule has 0 saturated carbocycles. The summed E-state index contributed by atoms with van der Waals surface area (Å²) >= 11 is 0. The van der Waals surface area contributed by atoms with Gasteiger partial charge in [-0.2, -0.15) is 0 Å². The summed E-state index contributed by atoms with van der Waals surface area (Å²) in [5, 5.41) is 4.51. The highest BCUT2D eigenvalue weighted by molar-refractivity contribution is 5.99. The van der Waals surface area contributed by atoms with E-state index in [9.17, 15) is 18.0 Å². The molecule has 0 atom stereocenters. The summed E-state index contributed by atoms with van der Waals surface area (Å²) in [6.07, 6.45) is 0. The predicted octanol–water partition coefficient (Wildman–Crippen LogP) is 3.75. The average Bonchev–Trinajstić information content (AvgIpc) is 2.37. The molecule has 19 heavy (non-hydrogen) atoms. The highest BCUT2D eigenvalue weighted by Gasteiger charge is 2.08. The second-order valence-corrected chi connectivity index (χ2v) is 3.69. The Morgan fingerprint density at radius 2 is 1.58 bits per heavy atom. The standard InChI is InChI=1S/C13H9F3N2O/c14-9-6-5-8(7-11(9)16)17-13(19)18-12-4-2-1-3-10(12)15/h1-7H,(H2,17,18,19). The summed E-state index contributed by atoms with van der Waals surface area (Å²) < 4.78 is 38.9. The zero-order valence-corrected chi connectivity index (χ0v) is 9.58. The molecule has 98 valence electrons. The van der Waals surface area contributed by atoms with Crippen LogP contribution in [0.4, 0.5) is 29.3 Å². The first kappa shape index (κ1) is 12.9. The van der Waals surface area contributed by atoms with E-state index in [-0.39, 0.29) is 11.4 Å². The van der Waals surface area contributed by atoms with Crippen LogP contribution in [-0.2, 0) is 0 Å². The molecular formula is C13H9F3N2O. The fourth-order valence-corrected chi connectivity index (χ4v) is 1.42. The van der Waals surface area contributed by atoms with E-state index >= 15 is 0 Å². The molecule has 0 aromatic heterocycles. The summed E-state index contributed by atoms with van der Waals surface area (Å²) in [7, 11) is 0. The average molecular weight is 266 g/mol. The van der Waals surface area contributed by atoms with Crippen LogP contribution in [0.5, 0.6) is 0 Å². The number of benzene rings is 2. The van der Waals surface area contributed by atoms with Crippen LogP contribution in [-0.4, -0.2) is 6.03 Å². The van der Waals surface area contributed by atoms with Crippen molar-refractivity contribution in [2.45, 2.75) is 0 Å². The van der Waals surface area contributed by atoms with Crippen molar-refractivity contribution in [2.75, 3.05) is 10.6 Å². The molecule has 0 spiro atoms. The highest BCUT2D eigenvalue weighted by atomic mass is 19.2. The van der Waals surface area contributed by atoms with Gasteiger partial charge in [-0.05, 0) is 24.3 Å². The van der Waals surface area contributed by atoms with E-state index in [1.807, 2.05) is 0 Å². The molecule has 0 saturated heterocycles. The summed E-state index contributed by atoms with van der Waals surface area (Å²) in [5.41, 5.74) is 0.0512. The Bertz CT molecular complexity index is 617. The van der Waals surface area contributed by atoms with Gasteiger partial charge >= 0.3 is 6.03 Å². The monoisotopic (exact) mass is 266 g/mol. The summed E-state index contributed by atoms with van der Waals surface area (Å²) in [6, 6.07) is 7.75. The summed E-state index contributed by atoms with van der Waals surface area (Å²) in [4.78, 5) is 11.5. The molecular weight excluding hydrogens is 257 g/mol. The first-order valence-electron chi connectivity index (χ1n) is 5.34. The number of carbonyl (C=O) groups excluding carboxylic acids is 1. The van der Waals surface area contributed by atoms with Crippen LogP contribution in [0.15, 0.2) is 42.5 Å². The molecule has 0 aliphatic carbocycles. The number of anilines is 2. The van der Waals surface area contributed by atoms with E-state index in [4.69, 9.17) is 0 Å². The van der Waals surface area contributed by atoms with Crippen molar-refractivity contribution in [3.63, 3.8) is 0 Å². The number of nitrogens with one attached hydrogen (secondary N) is 2. The number of hydrogen-bond acceptors (Lipinski definition) is 1. The molecule has 2 aromatic carbocycles. The van der Waals surface area contributed by atoms with Gasteiger partial charge in [0, 0.05) is 11.8 Å². The first-order valence-corrected chi connectivity index (χ1v) is 5.34. The summed E-state index contributed by atoms with van der Waals surface area (Å²) in [6.45, 7) is 0. The molecule has 6 heteroatoms. The maximum absolute atomic E-state index is 13.3. The number of halogens is 3. The van der Waals surface area contributed by atoms with Crippen LogP contribution in [0.3, 0.4) is 0 Å². The zero-order chi connectivity index (χ0) is 13.8. The van der Waals surface area contributed by atoms with Crippen LogP contribution in [0.2, 0.25) is 0 Å². The third-order valence-electron chi connectivity index (χ3n) is 2.30. The molecule has 0 aliphatic rings. The van der Waals surface area contributed by atoms with Crippen molar-refractivity contribution in [3.05, 3.63) is 59.9 Å². The molecule has 0 unspecified atom stereocenters. The van der Waals surface area contributed by atoms with Crippen molar-refractivity contribution >= 4 is 17.4 Å². The lowest BCUT2D eigenvalue weighted by Crippen LogP contribution is -2.20. The molecule has 2 N–H and O–H groups in total. The SMILES string of the molecule is O=C(Nc1ccc(F)c(F)c1)Nc1ccccc1F. The van der Waals surface area contributed by atoms with Gasteiger partial charge in [-0.3, -0.25) is 0 Å². The van der Waals surface area contributed by atoms with Crippen LogP contribution in [0.1, 0.15) is 0 Å². The largest absolute Gasteiger partial charge is 0.323 e. The van der Waals surface area contributed by atoms with Crippen molar-refractivity contribution in [2.24, 2.45) is 0 Å². The van der Waals surface area contributed by atoms with Gasteiger partial charge in [0.2, 0.25) is 0 Å².